The third kappa shape index (κ3) is 3.75. The van der Waals surface area contributed by atoms with Crippen molar-refractivity contribution < 1.29 is 19.1 Å². The highest BCUT2D eigenvalue weighted by molar-refractivity contribution is 6.00. The monoisotopic (exact) mass is 379 g/mol. The highest BCUT2D eigenvalue weighted by Crippen LogP contribution is 2.40. The summed E-state index contributed by atoms with van der Waals surface area (Å²) in [5.74, 6) is 1.55. The molecule has 146 valence electrons. The van der Waals surface area contributed by atoms with E-state index in [2.05, 4.69) is 0 Å². The number of carbonyl (C=O) groups excluding carboxylic acids is 2. The molecule has 4 rings (SSSR count). The zero-order valence-electron chi connectivity index (χ0n) is 16.1. The van der Waals surface area contributed by atoms with E-state index in [0.717, 1.165) is 6.42 Å². The van der Waals surface area contributed by atoms with Gasteiger partial charge in [-0.05, 0) is 24.1 Å². The molecule has 1 saturated heterocycles. The molecule has 2 aromatic carbocycles. The summed E-state index contributed by atoms with van der Waals surface area (Å²) >= 11 is 0. The molecule has 1 fully saturated rings. The summed E-state index contributed by atoms with van der Waals surface area (Å²) in [6.45, 7) is 1.25. The number of nitrogens with zero attached hydrogens (tertiary/aromatic N) is 1. The van der Waals surface area contributed by atoms with E-state index in [1.54, 1.807) is 25.3 Å². The number of methoxy groups -OCH3 is 1. The average Bonchev–Trinajstić information content (AvgIpc) is 2.73. The van der Waals surface area contributed by atoms with Crippen LogP contribution in [0.3, 0.4) is 0 Å². The van der Waals surface area contributed by atoms with Gasteiger partial charge in [-0.1, -0.05) is 30.3 Å². The van der Waals surface area contributed by atoms with Crippen LogP contribution < -0.4 is 9.47 Å². The number of rotatable bonds is 4. The largest absolute Gasteiger partial charge is 0.497 e. The topological polar surface area (TPSA) is 55.8 Å². The number of carbonyl (C=O) groups is 2. The molecule has 0 N–H and O–H groups in total. The molecule has 2 aromatic rings. The molecule has 5 nitrogen and oxygen atoms in total. The molecule has 0 atom stereocenters. The van der Waals surface area contributed by atoms with Gasteiger partial charge in [0.2, 0.25) is 5.91 Å². The first-order chi connectivity index (χ1) is 13.6. The molecule has 0 unspecified atom stereocenters. The number of likely N-dealkylation sites (tertiary alicyclic amines) is 1. The first kappa shape index (κ1) is 18.5. The van der Waals surface area contributed by atoms with Crippen LogP contribution in [-0.4, -0.2) is 42.4 Å². The minimum Gasteiger partial charge on any atom is -0.497 e. The summed E-state index contributed by atoms with van der Waals surface area (Å²) in [5, 5.41) is 0. The van der Waals surface area contributed by atoms with E-state index in [0.29, 0.717) is 55.8 Å². The molecule has 0 saturated carbocycles. The van der Waals surface area contributed by atoms with E-state index in [1.807, 2.05) is 35.2 Å². The summed E-state index contributed by atoms with van der Waals surface area (Å²) in [7, 11) is 1.60. The lowest BCUT2D eigenvalue weighted by molar-refractivity contribution is -0.134. The van der Waals surface area contributed by atoms with E-state index in [4.69, 9.17) is 9.47 Å². The van der Waals surface area contributed by atoms with E-state index in [9.17, 15) is 9.59 Å². The second-order valence-electron chi connectivity index (χ2n) is 7.61. The molecule has 28 heavy (non-hydrogen) atoms. The first-order valence-electron chi connectivity index (χ1n) is 9.80. The Kier molecular flexibility index (Phi) is 5.07. The third-order valence-electron chi connectivity index (χ3n) is 5.80. The van der Waals surface area contributed by atoms with Gasteiger partial charge in [0.25, 0.3) is 0 Å². The van der Waals surface area contributed by atoms with Gasteiger partial charge in [0.1, 0.15) is 17.1 Å². The smallest absolute Gasteiger partial charge is 0.222 e. The standard InChI is InChI=1S/C23H25NO4/c1-27-18-8-9-19-20(25)16-23(28-21(19)15-18)11-13-24(14-12-23)22(26)10-7-17-5-3-2-4-6-17/h2-6,8-9,15H,7,10-14,16H2,1H3. The molecule has 5 heteroatoms. The SMILES string of the molecule is COc1ccc2c(c1)OC1(CCN(C(=O)CCc3ccccc3)CC1)CC2=O. The first-order valence-corrected chi connectivity index (χ1v) is 9.80. The number of amides is 1. The molecule has 2 aliphatic rings. The zero-order chi connectivity index (χ0) is 19.6. The molecule has 1 amide bonds. The Labute approximate surface area is 165 Å². The summed E-state index contributed by atoms with van der Waals surface area (Å²) in [6.07, 6.45) is 2.98. The predicted octanol–water partition coefficient (Wildman–Crippen LogP) is 3.65. The fourth-order valence-corrected chi connectivity index (χ4v) is 4.10. The molecular weight excluding hydrogens is 354 g/mol. The fourth-order valence-electron chi connectivity index (χ4n) is 4.10. The van der Waals surface area contributed by atoms with E-state index in [-0.39, 0.29) is 11.7 Å². The second kappa shape index (κ2) is 7.66. The van der Waals surface area contributed by atoms with Gasteiger partial charge in [0.15, 0.2) is 5.78 Å². The number of Topliss-reactive ketones (excluding diaryl/α,β-unsaturated/α-hetero) is 1. The van der Waals surface area contributed by atoms with Gasteiger partial charge in [-0.25, -0.2) is 0 Å². The third-order valence-corrected chi connectivity index (χ3v) is 5.80. The fraction of sp³-hybridized carbons (Fsp3) is 0.391. The van der Waals surface area contributed by atoms with Crippen molar-refractivity contribution in [2.24, 2.45) is 0 Å². The van der Waals surface area contributed by atoms with Crippen molar-refractivity contribution in [2.45, 2.75) is 37.7 Å². The Bertz CT molecular complexity index is 869. The molecule has 1 spiro atoms. The van der Waals surface area contributed by atoms with Gasteiger partial charge in [-0.2, -0.15) is 0 Å². The Morgan fingerprint density at radius 3 is 2.61 bits per heavy atom. The van der Waals surface area contributed by atoms with Crippen molar-refractivity contribution in [1.82, 2.24) is 4.90 Å². The Morgan fingerprint density at radius 2 is 1.89 bits per heavy atom. The Hall–Kier alpha value is -2.82. The van der Waals surface area contributed by atoms with Gasteiger partial charge in [-0.15, -0.1) is 0 Å². The number of hydrogen-bond acceptors (Lipinski definition) is 4. The molecule has 0 aromatic heterocycles. The van der Waals surface area contributed by atoms with E-state index >= 15 is 0 Å². The van der Waals surface area contributed by atoms with E-state index in [1.165, 1.54) is 5.56 Å². The Morgan fingerprint density at radius 1 is 1.14 bits per heavy atom. The maximum atomic E-state index is 12.6. The number of hydrogen-bond donors (Lipinski definition) is 0. The number of fused-ring (bicyclic) bond motifs is 1. The van der Waals surface area contributed by atoms with Crippen LogP contribution in [0.2, 0.25) is 0 Å². The van der Waals surface area contributed by atoms with Gasteiger partial charge in [0.05, 0.1) is 19.1 Å². The van der Waals surface area contributed by atoms with Crippen molar-refractivity contribution in [2.75, 3.05) is 20.2 Å². The molecule has 2 aliphatic heterocycles. The molecule has 0 radical (unpaired) electrons. The van der Waals surface area contributed by atoms with Crippen LogP contribution in [0.15, 0.2) is 48.5 Å². The van der Waals surface area contributed by atoms with Gasteiger partial charge >= 0.3 is 0 Å². The van der Waals surface area contributed by atoms with E-state index < -0.39 is 5.60 Å². The number of ether oxygens (including phenoxy) is 2. The minimum atomic E-state index is -0.507. The van der Waals surface area contributed by atoms with Crippen LogP contribution in [0.1, 0.15) is 41.6 Å². The molecule has 2 heterocycles. The number of benzene rings is 2. The molecule has 0 bridgehead atoms. The Balaban J connectivity index is 1.38. The maximum absolute atomic E-state index is 12.6. The van der Waals surface area contributed by atoms with Gasteiger partial charge in [0, 0.05) is 38.4 Å². The highest BCUT2D eigenvalue weighted by Gasteiger charge is 2.43. The zero-order valence-corrected chi connectivity index (χ0v) is 16.1. The highest BCUT2D eigenvalue weighted by atomic mass is 16.5. The summed E-state index contributed by atoms with van der Waals surface area (Å²) < 4.78 is 11.6. The summed E-state index contributed by atoms with van der Waals surface area (Å²) in [4.78, 5) is 27.1. The van der Waals surface area contributed by atoms with Crippen LogP contribution >= 0.6 is 0 Å². The van der Waals surface area contributed by atoms with Gasteiger partial charge < -0.3 is 14.4 Å². The van der Waals surface area contributed by atoms with Crippen molar-refractivity contribution in [3.05, 3.63) is 59.7 Å². The lowest BCUT2D eigenvalue weighted by atomic mass is 9.82. The average molecular weight is 379 g/mol. The second-order valence-corrected chi connectivity index (χ2v) is 7.61. The van der Waals surface area contributed by atoms with Gasteiger partial charge in [-0.3, -0.25) is 9.59 Å². The quantitative estimate of drug-likeness (QED) is 0.814. The molecular formula is C23H25NO4. The van der Waals surface area contributed by atoms with Crippen LogP contribution in [0, 0.1) is 0 Å². The number of piperidine rings is 1. The van der Waals surface area contributed by atoms with Crippen LogP contribution in [0.4, 0.5) is 0 Å². The summed E-state index contributed by atoms with van der Waals surface area (Å²) in [6, 6.07) is 15.4. The van der Waals surface area contributed by atoms with Crippen LogP contribution in [-0.2, 0) is 11.2 Å². The van der Waals surface area contributed by atoms with Crippen LogP contribution in [0.25, 0.3) is 0 Å². The van der Waals surface area contributed by atoms with Crippen molar-refractivity contribution in [3.63, 3.8) is 0 Å². The predicted molar refractivity (Wildman–Crippen MR) is 106 cm³/mol. The van der Waals surface area contributed by atoms with Crippen LogP contribution in [0.5, 0.6) is 11.5 Å². The van der Waals surface area contributed by atoms with Crippen molar-refractivity contribution in [1.29, 1.82) is 0 Å². The normalized spacial score (nSPS) is 17.8. The minimum absolute atomic E-state index is 0.104. The lowest BCUT2D eigenvalue weighted by Crippen LogP contribution is -2.52. The summed E-state index contributed by atoms with van der Waals surface area (Å²) in [5.41, 5.74) is 1.29. The number of aryl methyl sites for hydroxylation is 1. The van der Waals surface area contributed by atoms with Crippen molar-refractivity contribution >= 4 is 11.7 Å². The maximum Gasteiger partial charge on any atom is 0.222 e. The molecule has 0 aliphatic carbocycles. The lowest BCUT2D eigenvalue weighted by Gasteiger charge is -2.44. The van der Waals surface area contributed by atoms with Crippen molar-refractivity contribution in [3.8, 4) is 11.5 Å². The number of ketones is 1.